The highest BCUT2D eigenvalue weighted by atomic mass is 32.1. The van der Waals surface area contributed by atoms with Crippen LogP contribution in [0.15, 0.2) is 36.4 Å². The number of nitrogens with two attached hydrogens (primary N) is 1. The zero-order valence-electron chi connectivity index (χ0n) is 9.77. The minimum Gasteiger partial charge on any atom is -0.391 e. The number of Topliss-reactive ketones (excluding diaryl/α,β-unsaturated/α-hetero) is 1. The molecule has 1 amide bonds. The van der Waals surface area contributed by atoms with Crippen molar-refractivity contribution in [3.8, 4) is 0 Å². The van der Waals surface area contributed by atoms with E-state index in [9.17, 15) is 9.59 Å². The fourth-order valence-corrected chi connectivity index (χ4v) is 2.15. The quantitative estimate of drug-likeness (QED) is 0.833. The average Bonchev–Trinajstić information content (AvgIpc) is 2.76. The summed E-state index contributed by atoms with van der Waals surface area (Å²) in [5.74, 6) is -0.260. The topological polar surface area (TPSA) is 72.2 Å². The molecule has 0 aliphatic rings. The Balaban J connectivity index is 2.16. The van der Waals surface area contributed by atoms with Gasteiger partial charge in [0.2, 0.25) is 0 Å². The zero-order chi connectivity index (χ0) is 13.1. The second-order valence-electron chi connectivity index (χ2n) is 3.79. The fourth-order valence-electron chi connectivity index (χ4n) is 1.48. The van der Waals surface area contributed by atoms with E-state index in [0.29, 0.717) is 21.1 Å². The molecule has 0 atom stereocenters. The third kappa shape index (κ3) is 2.75. The van der Waals surface area contributed by atoms with Gasteiger partial charge in [-0.2, -0.15) is 0 Å². The molecule has 18 heavy (non-hydrogen) atoms. The van der Waals surface area contributed by atoms with Crippen LogP contribution < -0.4 is 11.1 Å². The number of amides is 1. The van der Waals surface area contributed by atoms with Crippen molar-refractivity contribution in [1.29, 1.82) is 0 Å². The van der Waals surface area contributed by atoms with Crippen LogP contribution in [-0.2, 0) is 0 Å². The number of anilines is 2. The Morgan fingerprint density at radius 2 is 2.00 bits per heavy atom. The van der Waals surface area contributed by atoms with Crippen molar-refractivity contribution in [1.82, 2.24) is 0 Å². The summed E-state index contributed by atoms with van der Waals surface area (Å²) in [6.45, 7) is 1.49. The summed E-state index contributed by atoms with van der Waals surface area (Å²) in [6, 6.07) is 10.2. The van der Waals surface area contributed by atoms with E-state index in [1.165, 1.54) is 18.3 Å². The molecule has 0 aliphatic heterocycles. The van der Waals surface area contributed by atoms with E-state index in [1.807, 2.05) is 0 Å². The third-order valence-corrected chi connectivity index (χ3v) is 3.29. The summed E-state index contributed by atoms with van der Waals surface area (Å²) in [6.07, 6.45) is 0. The first kappa shape index (κ1) is 12.3. The highest BCUT2D eigenvalue weighted by molar-refractivity contribution is 7.17. The van der Waals surface area contributed by atoms with Crippen molar-refractivity contribution in [3.63, 3.8) is 0 Å². The Morgan fingerprint density at radius 3 is 2.61 bits per heavy atom. The van der Waals surface area contributed by atoms with Crippen LogP contribution in [0, 0.1) is 0 Å². The van der Waals surface area contributed by atoms with Gasteiger partial charge in [0.05, 0.1) is 9.88 Å². The van der Waals surface area contributed by atoms with Crippen LogP contribution in [0.1, 0.15) is 27.0 Å². The van der Waals surface area contributed by atoms with Gasteiger partial charge in [-0.3, -0.25) is 9.59 Å². The first-order valence-corrected chi connectivity index (χ1v) is 6.15. The number of carbonyl (C=O) groups excluding carboxylic acids is 2. The normalized spacial score (nSPS) is 10.1. The molecule has 0 radical (unpaired) electrons. The van der Waals surface area contributed by atoms with Crippen LogP contribution in [-0.4, -0.2) is 11.7 Å². The molecule has 0 spiro atoms. The van der Waals surface area contributed by atoms with E-state index in [0.717, 1.165) is 0 Å². The number of ketones is 1. The lowest BCUT2D eigenvalue weighted by atomic mass is 10.1. The number of hydrogen-bond acceptors (Lipinski definition) is 4. The maximum atomic E-state index is 11.9. The summed E-state index contributed by atoms with van der Waals surface area (Å²) in [4.78, 5) is 23.6. The summed E-state index contributed by atoms with van der Waals surface area (Å²) in [5, 5.41) is 3.33. The van der Waals surface area contributed by atoms with Crippen LogP contribution >= 0.6 is 11.3 Å². The molecular formula is C13H12N2O2S. The molecule has 1 aromatic heterocycles. The molecule has 0 fully saturated rings. The molecule has 0 aliphatic carbocycles. The number of thiophene rings is 1. The van der Waals surface area contributed by atoms with Crippen LogP contribution in [0.25, 0.3) is 0 Å². The maximum absolute atomic E-state index is 11.9. The Bertz CT molecular complexity index is 605. The van der Waals surface area contributed by atoms with Crippen LogP contribution in [0.5, 0.6) is 0 Å². The van der Waals surface area contributed by atoms with Gasteiger partial charge in [-0.25, -0.2) is 0 Å². The van der Waals surface area contributed by atoms with Gasteiger partial charge in [-0.1, -0.05) is 12.1 Å². The molecule has 1 aromatic carbocycles. The summed E-state index contributed by atoms with van der Waals surface area (Å²) in [7, 11) is 0. The van der Waals surface area contributed by atoms with Gasteiger partial charge in [0, 0.05) is 11.3 Å². The molecule has 0 saturated carbocycles. The van der Waals surface area contributed by atoms with Gasteiger partial charge in [-0.15, -0.1) is 11.3 Å². The van der Waals surface area contributed by atoms with E-state index in [4.69, 9.17) is 5.73 Å². The Kier molecular flexibility index (Phi) is 3.43. The largest absolute Gasteiger partial charge is 0.391 e. The fraction of sp³-hybridized carbons (Fsp3) is 0.0769. The van der Waals surface area contributed by atoms with Gasteiger partial charge in [0.25, 0.3) is 5.91 Å². The summed E-state index contributed by atoms with van der Waals surface area (Å²) >= 11 is 1.22. The van der Waals surface area contributed by atoms with Crippen LogP contribution in [0.4, 0.5) is 10.7 Å². The van der Waals surface area contributed by atoms with Crippen LogP contribution in [0.3, 0.4) is 0 Å². The number of rotatable bonds is 3. The SMILES string of the molecule is CC(=O)c1cccc(NC(=O)c2ccc(N)s2)c1. The lowest BCUT2D eigenvalue weighted by Crippen LogP contribution is -2.10. The molecular weight excluding hydrogens is 248 g/mol. The molecule has 0 bridgehead atoms. The molecule has 92 valence electrons. The van der Waals surface area contributed by atoms with Crippen LogP contribution in [0.2, 0.25) is 0 Å². The lowest BCUT2D eigenvalue weighted by molar-refractivity contribution is 0.101. The molecule has 2 rings (SSSR count). The Hall–Kier alpha value is -2.14. The van der Waals surface area contributed by atoms with Crippen molar-refractivity contribution in [2.45, 2.75) is 6.92 Å². The van der Waals surface area contributed by atoms with Crippen molar-refractivity contribution in [3.05, 3.63) is 46.8 Å². The molecule has 0 saturated heterocycles. The van der Waals surface area contributed by atoms with E-state index in [-0.39, 0.29) is 11.7 Å². The second-order valence-corrected chi connectivity index (χ2v) is 4.91. The minimum absolute atomic E-state index is 0.0357. The molecule has 2 aromatic rings. The average molecular weight is 260 g/mol. The van der Waals surface area contributed by atoms with Gasteiger partial charge in [-0.05, 0) is 31.2 Å². The summed E-state index contributed by atoms with van der Waals surface area (Å²) < 4.78 is 0. The van der Waals surface area contributed by atoms with Gasteiger partial charge in [0.1, 0.15) is 0 Å². The molecule has 1 heterocycles. The van der Waals surface area contributed by atoms with E-state index < -0.39 is 0 Å². The molecule has 3 N–H and O–H groups in total. The monoisotopic (exact) mass is 260 g/mol. The lowest BCUT2D eigenvalue weighted by Gasteiger charge is -2.04. The number of carbonyl (C=O) groups is 2. The number of benzene rings is 1. The second kappa shape index (κ2) is 5.01. The smallest absolute Gasteiger partial charge is 0.265 e. The summed E-state index contributed by atoms with van der Waals surface area (Å²) in [5.41, 5.74) is 6.73. The highest BCUT2D eigenvalue weighted by Crippen LogP contribution is 2.20. The molecule has 4 nitrogen and oxygen atoms in total. The number of nitrogens with one attached hydrogen (secondary N) is 1. The minimum atomic E-state index is -0.225. The van der Waals surface area contributed by atoms with Crippen molar-refractivity contribution in [2.24, 2.45) is 0 Å². The van der Waals surface area contributed by atoms with E-state index >= 15 is 0 Å². The molecule has 5 heteroatoms. The van der Waals surface area contributed by atoms with Gasteiger partial charge in [0.15, 0.2) is 5.78 Å². The van der Waals surface area contributed by atoms with Gasteiger partial charge < -0.3 is 11.1 Å². The zero-order valence-corrected chi connectivity index (χ0v) is 10.6. The standard InChI is InChI=1S/C13H12N2O2S/c1-8(16)9-3-2-4-10(7-9)15-13(17)11-5-6-12(14)18-11/h2-7H,14H2,1H3,(H,15,17). The predicted molar refractivity (Wildman–Crippen MR) is 73.1 cm³/mol. The van der Waals surface area contributed by atoms with Crippen molar-refractivity contribution in [2.75, 3.05) is 11.1 Å². The van der Waals surface area contributed by atoms with Crippen molar-refractivity contribution < 1.29 is 9.59 Å². The Morgan fingerprint density at radius 1 is 1.22 bits per heavy atom. The maximum Gasteiger partial charge on any atom is 0.265 e. The molecule has 0 unspecified atom stereocenters. The third-order valence-electron chi connectivity index (χ3n) is 2.38. The number of nitrogen functional groups attached to an aromatic ring is 1. The Labute approximate surface area is 108 Å². The van der Waals surface area contributed by atoms with Crippen molar-refractivity contribution >= 4 is 33.7 Å². The van der Waals surface area contributed by atoms with Gasteiger partial charge >= 0.3 is 0 Å². The highest BCUT2D eigenvalue weighted by Gasteiger charge is 2.09. The predicted octanol–water partition coefficient (Wildman–Crippen LogP) is 2.79. The number of hydrogen-bond donors (Lipinski definition) is 2. The van der Waals surface area contributed by atoms with E-state index in [2.05, 4.69) is 5.32 Å². The van der Waals surface area contributed by atoms with E-state index in [1.54, 1.807) is 36.4 Å². The first-order chi connectivity index (χ1) is 8.56. The first-order valence-electron chi connectivity index (χ1n) is 5.34.